The van der Waals surface area contributed by atoms with E-state index in [9.17, 15) is 43.6 Å². The lowest BCUT2D eigenvalue weighted by atomic mass is 9.72. The van der Waals surface area contributed by atoms with Gasteiger partial charge in [-0.05, 0) is 97.7 Å². The Labute approximate surface area is 395 Å². The van der Waals surface area contributed by atoms with Crippen LogP contribution in [0.4, 0.5) is 33.3 Å². The topological polar surface area (TPSA) is 132 Å². The smallest absolute Gasteiger partial charge is 0.380 e. The van der Waals surface area contributed by atoms with Crippen LogP contribution in [0.2, 0.25) is 0 Å². The number of amides is 1. The number of nitrogens with zero attached hydrogens (tertiary/aromatic N) is 4. The van der Waals surface area contributed by atoms with Gasteiger partial charge in [0.05, 0.1) is 17.7 Å². The molecule has 3 aliphatic rings. The number of halogens is 5. The van der Waals surface area contributed by atoms with Gasteiger partial charge in [-0.25, -0.2) is 30.3 Å². The minimum absolute atomic E-state index is 0.0402. The van der Waals surface area contributed by atoms with Crippen LogP contribution in [0.5, 0.6) is 0 Å². The number of hydroxylamine groups is 2. The SMILES string of the molecule is C=C(CCC(F)F)C1=C(CN2CCN(c3ccc(C(=O)NS(=O)(=O)c4ccc(N[C@H](CCN5CCN(OC)CC5)CSc5ccccc5)c(S(=O)(=O)C(F)(F)F)c4)cc3)CC2)CCC(C)(C)C1. The van der Waals surface area contributed by atoms with Gasteiger partial charge in [-0.3, -0.25) is 9.69 Å². The van der Waals surface area contributed by atoms with Crippen molar-refractivity contribution in [1.29, 1.82) is 0 Å². The van der Waals surface area contributed by atoms with Crippen LogP contribution in [-0.2, 0) is 24.7 Å². The van der Waals surface area contributed by atoms with Crippen LogP contribution in [0, 0.1) is 5.41 Å². The number of benzene rings is 3. The second kappa shape index (κ2) is 22.6. The van der Waals surface area contributed by atoms with Gasteiger partial charge in [-0.15, -0.1) is 11.8 Å². The number of rotatable bonds is 20. The highest BCUT2D eigenvalue weighted by molar-refractivity contribution is 7.99. The van der Waals surface area contributed by atoms with Crippen molar-refractivity contribution in [3.8, 4) is 0 Å². The molecule has 1 aliphatic carbocycles. The lowest BCUT2D eigenvalue weighted by molar-refractivity contribution is -0.151. The summed E-state index contributed by atoms with van der Waals surface area (Å²) in [7, 11) is -9.36. The van der Waals surface area contributed by atoms with Gasteiger partial charge in [0.15, 0.2) is 0 Å². The number of hydrogen-bond donors (Lipinski definition) is 2. The Morgan fingerprint density at radius 2 is 1.54 bits per heavy atom. The lowest BCUT2D eigenvalue weighted by Crippen LogP contribution is -2.47. The summed E-state index contributed by atoms with van der Waals surface area (Å²) in [6.45, 7) is 15.3. The molecular formula is C47H61F5N6O6S3. The number of sulfonamides is 1. The number of piperazine rings is 2. The van der Waals surface area contributed by atoms with Crippen LogP contribution in [0.25, 0.3) is 0 Å². The van der Waals surface area contributed by atoms with Crippen molar-refractivity contribution in [2.75, 3.05) is 88.5 Å². The van der Waals surface area contributed by atoms with E-state index in [1.807, 2.05) is 40.1 Å². The van der Waals surface area contributed by atoms with Gasteiger partial charge in [-0.2, -0.15) is 18.2 Å². The summed E-state index contributed by atoms with van der Waals surface area (Å²) in [6, 6.07) is 17.4. The molecule has 368 valence electrons. The maximum atomic E-state index is 14.2. The number of sulfone groups is 1. The van der Waals surface area contributed by atoms with E-state index in [0.717, 1.165) is 72.8 Å². The van der Waals surface area contributed by atoms with E-state index >= 15 is 0 Å². The second-order valence-electron chi connectivity index (χ2n) is 18.0. The molecular weight excluding hydrogens is 936 g/mol. The molecule has 3 aromatic carbocycles. The molecule has 2 saturated heterocycles. The fourth-order valence-corrected chi connectivity index (χ4v) is 11.6. The third kappa shape index (κ3) is 14.3. The summed E-state index contributed by atoms with van der Waals surface area (Å²) in [5.74, 6) is -0.708. The van der Waals surface area contributed by atoms with Gasteiger partial charge in [0, 0.05) is 99.8 Å². The predicted molar refractivity (Wildman–Crippen MR) is 253 cm³/mol. The maximum Gasteiger partial charge on any atom is 0.501 e. The summed E-state index contributed by atoms with van der Waals surface area (Å²) in [6.07, 6.45) is 0.805. The van der Waals surface area contributed by atoms with Crippen LogP contribution in [0.3, 0.4) is 0 Å². The van der Waals surface area contributed by atoms with Gasteiger partial charge >= 0.3 is 5.51 Å². The number of carbonyl (C=O) groups is 1. The van der Waals surface area contributed by atoms with Crippen molar-refractivity contribution in [3.63, 3.8) is 0 Å². The number of carbonyl (C=O) groups excluding carboxylic acids is 1. The first-order valence-corrected chi connectivity index (χ1v) is 26.3. The number of alkyl halides is 5. The van der Waals surface area contributed by atoms with Crippen LogP contribution in [0.1, 0.15) is 62.7 Å². The van der Waals surface area contributed by atoms with Crippen molar-refractivity contribution in [1.82, 2.24) is 19.6 Å². The van der Waals surface area contributed by atoms with E-state index in [1.54, 1.807) is 19.2 Å². The Kier molecular flexibility index (Phi) is 17.6. The molecule has 2 N–H and O–H groups in total. The van der Waals surface area contributed by atoms with Crippen molar-refractivity contribution >= 4 is 48.9 Å². The van der Waals surface area contributed by atoms with Gasteiger partial charge in [0.2, 0.25) is 6.43 Å². The molecule has 6 rings (SSSR count). The van der Waals surface area contributed by atoms with Crippen LogP contribution in [-0.4, -0.2) is 134 Å². The highest BCUT2D eigenvalue weighted by Crippen LogP contribution is 2.43. The van der Waals surface area contributed by atoms with E-state index in [2.05, 4.69) is 40.4 Å². The average molecular weight is 997 g/mol. The quantitative estimate of drug-likeness (QED) is 0.0832. The molecule has 0 radical (unpaired) electrons. The molecule has 2 heterocycles. The van der Waals surface area contributed by atoms with Gasteiger partial charge < -0.3 is 20.0 Å². The lowest BCUT2D eigenvalue weighted by Gasteiger charge is -2.39. The highest BCUT2D eigenvalue weighted by Gasteiger charge is 2.48. The molecule has 20 heteroatoms. The zero-order chi connectivity index (χ0) is 48.6. The summed E-state index contributed by atoms with van der Waals surface area (Å²) in [5, 5.41) is 4.81. The van der Waals surface area contributed by atoms with E-state index < -0.39 is 59.2 Å². The summed E-state index contributed by atoms with van der Waals surface area (Å²) < 4.78 is 124. The second-order valence-corrected chi connectivity index (χ2v) is 22.7. The van der Waals surface area contributed by atoms with Crippen LogP contribution < -0.4 is 14.9 Å². The number of allylic oxidation sites excluding steroid dienone is 2. The number of thioether (sulfide) groups is 1. The molecule has 3 aromatic rings. The minimum Gasteiger partial charge on any atom is -0.380 e. The molecule has 0 unspecified atom stereocenters. The third-order valence-corrected chi connectivity index (χ3v) is 16.6. The van der Waals surface area contributed by atoms with Gasteiger partial charge in [-0.1, -0.05) is 49.8 Å². The first kappa shape index (κ1) is 52.3. The Morgan fingerprint density at radius 3 is 2.16 bits per heavy atom. The van der Waals surface area contributed by atoms with Crippen molar-refractivity contribution in [2.24, 2.45) is 5.41 Å². The largest absolute Gasteiger partial charge is 0.501 e. The highest BCUT2D eigenvalue weighted by atomic mass is 32.2. The Balaban J connectivity index is 1.12. The standard InChI is InChI=1S/C47H61F5N6O6S3/c1-34(10-17-44(48)49)41-31-46(2,3)20-18-36(41)32-56-22-26-57(27-23-56)38-13-11-35(12-14-38)45(59)54-67(62,63)40-15-16-42(43(30-40)66(60,61)47(50,51)52)53-37(33-65-39-8-6-5-7-9-39)19-21-55-24-28-58(64-4)29-25-55/h5-9,11-16,30,37,44,53H,1,10,17-29,31-33H2,2-4H3,(H,54,59)/t37-/m1/s1. The van der Waals surface area contributed by atoms with Crippen molar-refractivity contribution in [3.05, 3.63) is 102 Å². The molecule has 1 atom stereocenters. The van der Waals surface area contributed by atoms with Crippen molar-refractivity contribution in [2.45, 2.75) is 85.0 Å². The minimum atomic E-state index is -6.08. The Bertz CT molecular complexity index is 2420. The monoisotopic (exact) mass is 996 g/mol. The summed E-state index contributed by atoms with van der Waals surface area (Å²) in [5.41, 5.74) is -2.20. The zero-order valence-electron chi connectivity index (χ0n) is 38.2. The molecule has 12 nitrogen and oxygen atoms in total. The number of anilines is 2. The maximum absolute atomic E-state index is 14.2. The molecule has 67 heavy (non-hydrogen) atoms. The first-order valence-electron chi connectivity index (χ1n) is 22.4. The number of hydrogen-bond acceptors (Lipinski definition) is 12. The molecule has 0 aromatic heterocycles. The Hall–Kier alpha value is -4.05. The average Bonchev–Trinajstić information content (AvgIpc) is 3.29. The third-order valence-electron chi connectivity index (χ3n) is 12.6. The van der Waals surface area contributed by atoms with E-state index in [0.29, 0.717) is 64.1 Å². The van der Waals surface area contributed by atoms with Crippen molar-refractivity contribution < 1.29 is 48.4 Å². The molecule has 2 fully saturated rings. The Morgan fingerprint density at radius 1 is 0.881 bits per heavy atom. The molecule has 0 saturated carbocycles. The van der Waals surface area contributed by atoms with Gasteiger partial charge in [0.1, 0.15) is 4.90 Å². The normalized spacial score (nSPS) is 18.6. The summed E-state index contributed by atoms with van der Waals surface area (Å²) in [4.78, 5) is 24.1. The molecule has 0 bridgehead atoms. The first-order chi connectivity index (χ1) is 31.6. The summed E-state index contributed by atoms with van der Waals surface area (Å²) >= 11 is 1.44. The van der Waals surface area contributed by atoms with Crippen LogP contribution in [0.15, 0.2) is 111 Å². The molecule has 2 aliphatic heterocycles. The number of nitrogens with one attached hydrogen (secondary N) is 2. The van der Waals surface area contributed by atoms with E-state index in [1.165, 1.54) is 29.5 Å². The van der Waals surface area contributed by atoms with E-state index in [-0.39, 0.29) is 23.8 Å². The van der Waals surface area contributed by atoms with Gasteiger partial charge in [0.25, 0.3) is 25.8 Å². The van der Waals surface area contributed by atoms with E-state index in [4.69, 9.17) is 4.84 Å². The predicted octanol–water partition coefficient (Wildman–Crippen LogP) is 8.47. The fourth-order valence-electron chi connectivity index (χ4n) is 8.55. The zero-order valence-corrected chi connectivity index (χ0v) is 40.6. The van der Waals surface area contributed by atoms with Crippen LogP contribution >= 0.6 is 11.8 Å². The molecule has 0 spiro atoms. The fraction of sp³-hybridized carbons (Fsp3) is 0.511. The molecule has 1 amide bonds.